The summed E-state index contributed by atoms with van der Waals surface area (Å²) in [6.07, 6.45) is -3.89. The number of hydrogen-bond donors (Lipinski definition) is 1. The van der Waals surface area contributed by atoms with Gasteiger partial charge in [0.15, 0.2) is 0 Å². The maximum Gasteiger partial charge on any atom is 0.417 e. The number of para-hydroxylation sites is 1. The van der Waals surface area contributed by atoms with Gasteiger partial charge in [-0.2, -0.15) is 13.2 Å². The standard InChI is InChI=1S/C15H12ClF3N2O3/c1-23-13-5-3-2-4-10(13)14(22)21-24-8-12-11(16)6-9(7-20-12)15(17,18)19/h2-7H,8H2,1H3,(H,21,22). The van der Waals surface area contributed by atoms with Crippen LogP contribution in [0.5, 0.6) is 5.75 Å². The molecule has 0 saturated heterocycles. The normalized spacial score (nSPS) is 11.2. The highest BCUT2D eigenvalue weighted by atomic mass is 35.5. The molecule has 0 atom stereocenters. The van der Waals surface area contributed by atoms with Crippen LogP contribution in [0.1, 0.15) is 21.6 Å². The Morgan fingerprint density at radius 2 is 2.04 bits per heavy atom. The second-order valence-corrected chi connectivity index (χ2v) is 4.98. The number of hydroxylamine groups is 1. The van der Waals surface area contributed by atoms with Crippen LogP contribution in [0.2, 0.25) is 5.02 Å². The lowest BCUT2D eigenvalue weighted by Crippen LogP contribution is -2.24. The largest absolute Gasteiger partial charge is 0.496 e. The summed E-state index contributed by atoms with van der Waals surface area (Å²) >= 11 is 5.74. The second kappa shape index (κ2) is 7.50. The van der Waals surface area contributed by atoms with E-state index in [4.69, 9.17) is 21.2 Å². The van der Waals surface area contributed by atoms with Crippen molar-refractivity contribution in [3.05, 3.63) is 58.4 Å². The number of nitrogens with zero attached hydrogens (tertiary/aromatic N) is 1. The summed E-state index contributed by atoms with van der Waals surface area (Å²) in [6, 6.07) is 7.22. The Hall–Kier alpha value is -2.32. The molecule has 1 N–H and O–H groups in total. The van der Waals surface area contributed by atoms with Crippen LogP contribution >= 0.6 is 11.6 Å². The number of rotatable bonds is 5. The van der Waals surface area contributed by atoms with Crippen LogP contribution in [0.3, 0.4) is 0 Å². The first kappa shape index (κ1) is 18.0. The highest BCUT2D eigenvalue weighted by Crippen LogP contribution is 2.31. The first-order valence-corrected chi connectivity index (χ1v) is 6.97. The monoisotopic (exact) mass is 360 g/mol. The van der Waals surface area contributed by atoms with E-state index in [1.807, 2.05) is 0 Å². The molecule has 0 bridgehead atoms. The summed E-state index contributed by atoms with van der Waals surface area (Å²) in [4.78, 5) is 20.5. The summed E-state index contributed by atoms with van der Waals surface area (Å²) in [6.45, 7) is -0.294. The summed E-state index contributed by atoms with van der Waals surface area (Å²) in [7, 11) is 1.42. The molecule has 0 aliphatic rings. The first-order chi connectivity index (χ1) is 11.3. The van der Waals surface area contributed by atoms with E-state index in [-0.39, 0.29) is 22.9 Å². The molecule has 0 saturated carbocycles. The lowest BCUT2D eigenvalue weighted by Gasteiger charge is -2.11. The lowest BCUT2D eigenvalue weighted by molar-refractivity contribution is -0.137. The number of nitrogens with one attached hydrogen (secondary N) is 1. The molecule has 24 heavy (non-hydrogen) atoms. The van der Waals surface area contributed by atoms with Gasteiger partial charge in [-0.1, -0.05) is 23.7 Å². The van der Waals surface area contributed by atoms with Crippen molar-refractivity contribution < 1.29 is 27.5 Å². The number of halogens is 4. The Balaban J connectivity index is 1.98. The van der Waals surface area contributed by atoms with E-state index >= 15 is 0 Å². The molecule has 0 spiro atoms. The summed E-state index contributed by atoms with van der Waals surface area (Å²) in [5, 5.41) is -0.212. The number of alkyl halides is 3. The predicted molar refractivity (Wildman–Crippen MR) is 79.5 cm³/mol. The highest BCUT2D eigenvalue weighted by Gasteiger charge is 2.31. The third-order valence-electron chi connectivity index (χ3n) is 2.97. The van der Waals surface area contributed by atoms with Crippen LogP contribution in [0, 0.1) is 0 Å². The van der Waals surface area contributed by atoms with Gasteiger partial charge in [0.2, 0.25) is 0 Å². The van der Waals surface area contributed by atoms with E-state index in [1.165, 1.54) is 13.2 Å². The van der Waals surface area contributed by atoms with Gasteiger partial charge in [0.05, 0.1) is 29.0 Å². The minimum Gasteiger partial charge on any atom is -0.496 e. The van der Waals surface area contributed by atoms with E-state index in [1.54, 1.807) is 18.2 Å². The van der Waals surface area contributed by atoms with E-state index in [9.17, 15) is 18.0 Å². The van der Waals surface area contributed by atoms with Crippen LogP contribution in [0.4, 0.5) is 13.2 Å². The molecule has 0 aliphatic carbocycles. The van der Waals surface area contributed by atoms with Gasteiger partial charge in [-0.3, -0.25) is 14.6 Å². The van der Waals surface area contributed by atoms with E-state index in [0.29, 0.717) is 11.9 Å². The van der Waals surface area contributed by atoms with Gasteiger partial charge >= 0.3 is 6.18 Å². The third kappa shape index (κ3) is 4.36. The molecule has 2 aromatic rings. The number of carbonyl (C=O) groups excluding carboxylic acids is 1. The summed E-state index contributed by atoms with van der Waals surface area (Å²) in [5.74, 6) is -0.222. The van der Waals surface area contributed by atoms with Crippen molar-refractivity contribution in [3.63, 3.8) is 0 Å². The zero-order valence-corrected chi connectivity index (χ0v) is 13.1. The number of methoxy groups -OCH3 is 1. The molecule has 5 nitrogen and oxygen atoms in total. The van der Waals surface area contributed by atoms with Crippen LogP contribution in [-0.4, -0.2) is 18.0 Å². The van der Waals surface area contributed by atoms with Gasteiger partial charge in [-0.25, -0.2) is 5.48 Å². The fourth-order valence-electron chi connectivity index (χ4n) is 1.78. The number of amides is 1. The molecule has 1 amide bonds. The minimum atomic E-state index is -4.53. The summed E-state index contributed by atoms with van der Waals surface area (Å²) in [5.41, 5.74) is 1.49. The van der Waals surface area contributed by atoms with Crippen LogP contribution < -0.4 is 10.2 Å². The van der Waals surface area contributed by atoms with Crippen molar-refractivity contribution in [2.75, 3.05) is 7.11 Å². The van der Waals surface area contributed by atoms with Gasteiger partial charge in [-0.05, 0) is 18.2 Å². The lowest BCUT2D eigenvalue weighted by atomic mass is 10.2. The molecule has 2 rings (SSSR count). The average molecular weight is 361 g/mol. The first-order valence-electron chi connectivity index (χ1n) is 6.59. The van der Waals surface area contributed by atoms with Gasteiger partial charge in [0.1, 0.15) is 12.4 Å². The Morgan fingerprint density at radius 1 is 1.33 bits per heavy atom. The SMILES string of the molecule is COc1ccccc1C(=O)NOCc1ncc(C(F)(F)F)cc1Cl. The average Bonchev–Trinajstić information content (AvgIpc) is 2.55. The van der Waals surface area contributed by atoms with Crippen molar-refractivity contribution >= 4 is 17.5 Å². The number of ether oxygens (including phenoxy) is 1. The van der Waals surface area contributed by atoms with Gasteiger partial charge in [0.25, 0.3) is 5.91 Å². The molecule has 128 valence electrons. The van der Waals surface area contributed by atoms with E-state index in [2.05, 4.69) is 10.5 Å². The quantitative estimate of drug-likeness (QED) is 0.827. The Bertz CT molecular complexity index is 738. The van der Waals surface area contributed by atoms with Crippen molar-refractivity contribution in [3.8, 4) is 5.75 Å². The molecular weight excluding hydrogens is 349 g/mol. The zero-order valence-electron chi connectivity index (χ0n) is 12.4. The fraction of sp³-hybridized carbons (Fsp3) is 0.200. The smallest absolute Gasteiger partial charge is 0.417 e. The Kier molecular flexibility index (Phi) is 5.63. The molecule has 9 heteroatoms. The zero-order chi connectivity index (χ0) is 17.7. The van der Waals surface area contributed by atoms with Gasteiger partial charge in [-0.15, -0.1) is 0 Å². The third-order valence-corrected chi connectivity index (χ3v) is 3.30. The number of carbonyl (C=O) groups is 1. The molecule has 1 aromatic heterocycles. The van der Waals surface area contributed by atoms with E-state index in [0.717, 1.165) is 6.07 Å². The number of hydrogen-bond acceptors (Lipinski definition) is 4. The van der Waals surface area contributed by atoms with Crippen molar-refractivity contribution in [2.24, 2.45) is 0 Å². The van der Waals surface area contributed by atoms with Crippen molar-refractivity contribution in [2.45, 2.75) is 12.8 Å². The molecular formula is C15H12ClF3N2O3. The van der Waals surface area contributed by atoms with Crippen LogP contribution in [-0.2, 0) is 17.6 Å². The number of pyridine rings is 1. The Morgan fingerprint density at radius 3 is 2.67 bits per heavy atom. The predicted octanol–water partition coefficient (Wildman–Crippen LogP) is 3.62. The molecule has 0 fully saturated rings. The molecule has 1 heterocycles. The summed E-state index contributed by atoms with van der Waals surface area (Å²) < 4.78 is 42.6. The van der Waals surface area contributed by atoms with Gasteiger partial charge in [0, 0.05) is 6.20 Å². The number of aromatic nitrogens is 1. The fourth-order valence-corrected chi connectivity index (χ4v) is 2.01. The van der Waals surface area contributed by atoms with Crippen molar-refractivity contribution in [1.82, 2.24) is 10.5 Å². The van der Waals surface area contributed by atoms with Crippen LogP contribution in [0.15, 0.2) is 36.5 Å². The van der Waals surface area contributed by atoms with Crippen LogP contribution in [0.25, 0.3) is 0 Å². The highest BCUT2D eigenvalue weighted by molar-refractivity contribution is 6.31. The minimum absolute atomic E-state index is 0.0602. The number of benzene rings is 1. The maximum absolute atomic E-state index is 12.5. The topological polar surface area (TPSA) is 60.5 Å². The molecule has 1 aromatic carbocycles. The van der Waals surface area contributed by atoms with Gasteiger partial charge < -0.3 is 4.74 Å². The van der Waals surface area contributed by atoms with E-state index < -0.39 is 17.6 Å². The maximum atomic E-state index is 12.5. The van der Waals surface area contributed by atoms with Crippen molar-refractivity contribution in [1.29, 1.82) is 0 Å². The Labute approximate surface area is 140 Å². The molecule has 0 unspecified atom stereocenters. The molecule has 0 aliphatic heterocycles. The second-order valence-electron chi connectivity index (χ2n) is 4.57. The molecule has 0 radical (unpaired) electrons.